The summed E-state index contributed by atoms with van der Waals surface area (Å²) in [5, 5.41) is 40.0. The summed E-state index contributed by atoms with van der Waals surface area (Å²) in [5.41, 5.74) is 0.354. The van der Waals surface area contributed by atoms with Crippen molar-refractivity contribution in [2.75, 3.05) is 13.2 Å². The fraction of sp³-hybridized carbons (Fsp3) is 0.192. The van der Waals surface area contributed by atoms with E-state index in [1.165, 1.54) is 0 Å². The van der Waals surface area contributed by atoms with Crippen LogP contribution < -0.4 is 15.5 Å². The molecule has 0 fully saturated rings. The Bertz CT molecular complexity index is 1480. The van der Waals surface area contributed by atoms with E-state index in [1.54, 1.807) is 60.7 Å². The van der Waals surface area contributed by atoms with Crippen LogP contribution >= 0.6 is 0 Å². The van der Waals surface area contributed by atoms with Crippen LogP contribution in [0.5, 0.6) is 11.5 Å². The zero-order chi connectivity index (χ0) is 25.0. The van der Waals surface area contributed by atoms with Crippen LogP contribution in [0.15, 0.2) is 69.9 Å². The number of aryl methyl sites for hydroxylation is 1. The molecule has 3 aromatic carbocycles. The highest BCUT2D eigenvalue weighted by Crippen LogP contribution is 2.27. The third kappa shape index (κ3) is 5.09. The normalized spacial score (nSPS) is 11.3. The second kappa shape index (κ2) is 9.85. The van der Waals surface area contributed by atoms with Crippen LogP contribution in [0.1, 0.15) is 17.5 Å². The van der Waals surface area contributed by atoms with Crippen LogP contribution in [-0.4, -0.2) is 40.2 Å². The van der Waals surface area contributed by atoms with Crippen LogP contribution in [0, 0.1) is 11.3 Å². The molecule has 0 saturated carbocycles. The maximum Gasteiger partial charge on any atom is 0.405 e. The molecule has 178 valence electrons. The monoisotopic (exact) mass is 474 g/mol. The first-order chi connectivity index (χ1) is 16.9. The predicted octanol–water partition coefficient (Wildman–Crippen LogP) is 3.53. The highest BCUT2D eigenvalue weighted by molar-refractivity contribution is 5.90. The quantitative estimate of drug-likeness (QED) is 0.283. The fourth-order valence-electron chi connectivity index (χ4n) is 3.79. The van der Waals surface area contributed by atoms with Gasteiger partial charge in [0.2, 0.25) is 5.43 Å². The molecule has 0 bridgehead atoms. The Morgan fingerprint density at radius 1 is 0.971 bits per heavy atom. The van der Waals surface area contributed by atoms with Gasteiger partial charge in [-0.2, -0.15) is 5.26 Å². The highest BCUT2D eigenvalue weighted by atomic mass is 16.5. The molecule has 9 heteroatoms. The van der Waals surface area contributed by atoms with Crippen molar-refractivity contribution in [3.05, 3.63) is 82.0 Å². The molecule has 4 aromatic rings. The van der Waals surface area contributed by atoms with E-state index in [9.17, 15) is 19.8 Å². The van der Waals surface area contributed by atoms with Gasteiger partial charge in [0.25, 0.3) is 0 Å². The first-order valence-electron chi connectivity index (χ1n) is 10.8. The summed E-state index contributed by atoms with van der Waals surface area (Å²) in [6.45, 7) is -1.13. The molecule has 0 radical (unpaired) electrons. The Morgan fingerprint density at radius 3 is 2.34 bits per heavy atom. The van der Waals surface area contributed by atoms with Gasteiger partial charge in [-0.15, -0.1) is 0 Å². The number of benzene rings is 3. The molecule has 4 rings (SSSR count). The minimum atomic E-state index is -1.39. The van der Waals surface area contributed by atoms with E-state index < -0.39 is 24.8 Å². The van der Waals surface area contributed by atoms with Gasteiger partial charge in [-0.1, -0.05) is 6.07 Å². The third-order valence-electron chi connectivity index (χ3n) is 5.79. The number of nitrogens with zero attached hydrogens (tertiary/aromatic N) is 1. The molecule has 1 aromatic heterocycles. The average molecular weight is 474 g/mol. The zero-order valence-electron chi connectivity index (χ0n) is 18.5. The van der Waals surface area contributed by atoms with Crippen molar-refractivity contribution in [2.45, 2.75) is 18.4 Å². The Morgan fingerprint density at radius 2 is 1.69 bits per heavy atom. The summed E-state index contributed by atoms with van der Waals surface area (Å²) in [5.74, 6) is 1.01. The van der Waals surface area contributed by atoms with Crippen LogP contribution in [0.4, 0.5) is 4.79 Å². The lowest BCUT2D eigenvalue weighted by Gasteiger charge is -2.29. The number of nitrogens with one attached hydrogen (secondary N) is 1. The van der Waals surface area contributed by atoms with Crippen LogP contribution in [0.3, 0.4) is 0 Å². The van der Waals surface area contributed by atoms with Crippen LogP contribution in [0.2, 0.25) is 0 Å². The number of aliphatic hydroxyl groups excluding tert-OH is 2. The van der Waals surface area contributed by atoms with Crippen molar-refractivity contribution in [1.82, 2.24) is 5.32 Å². The summed E-state index contributed by atoms with van der Waals surface area (Å²) in [6, 6.07) is 18.6. The largest absolute Gasteiger partial charge is 0.465 e. The molecule has 0 aliphatic rings. The molecule has 1 amide bonds. The SMILES string of the molecule is N#Cc1ccc(Oc2ccc3c(=O)c4cc(CCC(CO)(CO)NC(=O)O)ccc4oc3c2)cc1. The van der Waals surface area contributed by atoms with Crippen LogP contribution in [-0.2, 0) is 6.42 Å². The molecule has 35 heavy (non-hydrogen) atoms. The minimum Gasteiger partial charge on any atom is -0.465 e. The Balaban J connectivity index is 1.61. The van der Waals surface area contributed by atoms with Gasteiger partial charge in [0.15, 0.2) is 0 Å². The maximum absolute atomic E-state index is 13.1. The van der Waals surface area contributed by atoms with Crippen molar-refractivity contribution in [2.24, 2.45) is 0 Å². The first kappa shape index (κ1) is 23.8. The molecule has 9 nitrogen and oxygen atoms in total. The lowest BCUT2D eigenvalue weighted by molar-refractivity contribution is 0.0806. The van der Waals surface area contributed by atoms with Crippen molar-refractivity contribution in [3.63, 3.8) is 0 Å². The Labute approximate surface area is 199 Å². The highest BCUT2D eigenvalue weighted by Gasteiger charge is 2.30. The number of amides is 1. The summed E-state index contributed by atoms with van der Waals surface area (Å²) >= 11 is 0. The third-order valence-corrected chi connectivity index (χ3v) is 5.79. The van der Waals surface area contributed by atoms with Gasteiger partial charge in [0, 0.05) is 6.07 Å². The smallest absolute Gasteiger partial charge is 0.405 e. The molecule has 0 aliphatic heterocycles. The van der Waals surface area contributed by atoms with E-state index in [0.29, 0.717) is 45.4 Å². The van der Waals surface area contributed by atoms with E-state index >= 15 is 0 Å². The number of carbonyl (C=O) groups is 1. The number of ether oxygens (including phenoxy) is 1. The average Bonchev–Trinajstić information content (AvgIpc) is 2.87. The maximum atomic E-state index is 13.1. The van der Waals surface area contributed by atoms with E-state index in [-0.39, 0.29) is 11.8 Å². The topological polar surface area (TPSA) is 153 Å². The number of hydrogen-bond acceptors (Lipinski definition) is 7. The number of nitriles is 1. The minimum absolute atomic E-state index is 0.132. The lowest BCUT2D eigenvalue weighted by Crippen LogP contribution is -2.54. The van der Waals surface area contributed by atoms with Gasteiger partial charge in [-0.3, -0.25) is 4.79 Å². The van der Waals surface area contributed by atoms with E-state index in [0.717, 1.165) is 5.56 Å². The first-order valence-corrected chi connectivity index (χ1v) is 10.8. The molecular weight excluding hydrogens is 452 g/mol. The number of aliphatic hydroxyl groups is 2. The number of carboxylic acid groups (broad SMARTS) is 1. The van der Waals surface area contributed by atoms with Gasteiger partial charge in [-0.05, 0) is 66.9 Å². The molecule has 1 heterocycles. The van der Waals surface area contributed by atoms with Crippen molar-refractivity contribution in [1.29, 1.82) is 5.26 Å². The molecule has 4 N–H and O–H groups in total. The predicted molar refractivity (Wildman–Crippen MR) is 128 cm³/mol. The molecule has 0 saturated heterocycles. The molecular formula is C26H22N2O7. The van der Waals surface area contributed by atoms with Crippen molar-refractivity contribution >= 4 is 28.0 Å². The van der Waals surface area contributed by atoms with Crippen LogP contribution in [0.25, 0.3) is 21.9 Å². The fourth-order valence-corrected chi connectivity index (χ4v) is 3.79. The van der Waals surface area contributed by atoms with Gasteiger partial charge < -0.3 is 29.8 Å². The summed E-state index contributed by atoms with van der Waals surface area (Å²) < 4.78 is 11.8. The number of fused-ring (bicyclic) bond motifs is 2. The summed E-state index contributed by atoms with van der Waals surface area (Å²) in [7, 11) is 0. The second-order valence-corrected chi connectivity index (χ2v) is 8.18. The second-order valence-electron chi connectivity index (χ2n) is 8.18. The van der Waals surface area contributed by atoms with Gasteiger partial charge >= 0.3 is 6.09 Å². The zero-order valence-corrected chi connectivity index (χ0v) is 18.5. The van der Waals surface area contributed by atoms with E-state index in [1.807, 2.05) is 6.07 Å². The van der Waals surface area contributed by atoms with E-state index in [4.69, 9.17) is 19.5 Å². The Kier molecular flexibility index (Phi) is 6.68. The van der Waals surface area contributed by atoms with Gasteiger partial charge in [-0.25, -0.2) is 4.79 Å². The number of rotatable bonds is 8. The molecule has 0 unspecified atom stereocenters. The summed E-state index contributed by atoms with van der Waals surface area (Å²) in [4.78, 5) is 24.2. The van der Waals surface area contributed by atoms with Crippen molar-refractivity contribution < 1.29 is 29.3 Å². The lowest BCUT2D eigenvalue weighted by atomic mass is 9.92. The summed E-state index contributed by atoms with van der Waals surface area (Å²) in [6.07, 6.45) is -0.903. The molecule has 0 spiro atoms. The van der Waals surface area contributed by atoms with Gasteiger partial charge in [0.1, 0.15) is 22.7 Å². The Hall–Kier alpha value is -4.39. The van der Waals surface area contributed by atoms with Crippen molar-refractivity contribution in [3.8, 4) is 17.6 Å². The number of hydrogen-bond donors (Lipinski definition) is 4. The standard InChI is InChI=1S/C26H22N2O7/c27-13-17-1-4-18(5-2-17)34-19-6-7-20-23(12-19)35-22-8-3-16(11-21(22)24(20)31)9-10-26(14-29,15-30)28-25(32)33/h1-8,11-12,28-30H,9-10,14-15H2,(H,32,33). The molecule has 0 atom stereocenters. The van der Waals surface area contributed by atoms with E-state index in [2.05, 4.69) is 5.32 Å². The molecule has 0 aliphatic carbocycles. The van der Waals surface area contributed by atoms with Gasteiger partial charge in [0.05, 0.1) is 41.2 Å².